The molecule has 0 unspecified atom stereocenters. The van der Waals surface area contributed by atoms with Crippen LogP contribution < -0.4 is 14.9 Å². The summed E-state index contributed by atoms with van der Waals surface area (Å²) in [5.74, 6) is -0.223. The fourth-order valence-corrected chi connectivity index (χ4v) is 6.14. The highest BCUT2D eigenvalue weighted by atomic mass is 32.2. The highest BCUT2D eigenvalue weighted by Crippen LogP contribution is 2.40. The highest BCUT2D eigenvalue weighted by molar-refractivity contribution is 8.00. The van der Waals surface area contributed by atoms with E-state index in [4.69, 9.17) is 14.3 Å². The van der Waals surface area contributed by atoms with E-state index in [1.165, 1.54) is 21.5 Å². The van der Waals surface area contributed by atoms with Crippen molar-refractivity contribution in [2.24, 2.45) is 0 Å². The highest BCUT2D eigenvalue weighted by Gasteiger charge is 2.54. The smallest absolute Gasteiger partial charge is 0.355 e. The summed E-state index contributed by atoms with van der Waals surface area (Å²) in [6, 6.07) is 23.0. The first-order valence-electron chi connectivity index (χ1n) is 13.3. The van der Waals surface area contributed by atoms with Gasteiger partial charge in [-0.1, -0.05) is 59.4 Å². The zero-order valence-corrected chi connectivity index (χ0v) is 23.5. The van der Waals surface area contributed by atoms with Gasteiger partial charge in [0.15, 0.2) is 0 Å². The number of rotatable bonds is 10. The standard InChI is InChI=1S/C30H27N5O6S/c1-39-22-13-11-20(12-14-22)16-40-30(38)27-21(17-41-35-24-10-6-5-9-23(24)32-33-35)18-42-29-26(28(37)34(27)29)31-25(36)15-19-7-3-2-4-8-19/h2-14,26,29H,15-18H2,1H3,(H,31,36)/t26-,29-/m1/s1. The summed E-state index contributed by atoms with van der Waals surface area (Å²) in [5.41, 5.74) is 3.63. The first-order chi connectivity index (χ1) is 20.5. The van der Waals surface area contributed by atoms with Crippen LogP contribution in [0.2, 0.25) is 0 Å². The maximum atomic E-state index is 13.5. The molecule has 0 radical (unpaired) electrons. The Bertz CT molecular complexity index is 1660. The molecule has 2 aliphatic heterocycles. The molecule has 42 heavy (non-hydrogen) atoms. The SMILES string of the molecule is COc1ccc(COC(=O)C2=C(COn3nnc4ccccc43)CS[C@@H]3[C@H](NC(=O)Cc4ccccc4)C(=O)N23)cc1. The van der Waals surface area contributed by atoms with Crippen LogP contribution in [0.3, 0.4) is 0 Å². The Hall–Kier alpha value is -4.84. The predicted octanol–water partition coefficient (Wildman–Crippen LogP) is 2.51. The molecular formula is C30H27N5O6S. The van der Waals surface area contributed by atoms with E-state index in [1.807, 2.05) is 54.6 Å². The number of hydrogen-bond acceptors (Lipinski definition) is 9. The van der Waals surface area contributed by atoms with Crippen molar-refractivity contribution in [1.29, 1.82) is 0 Å². The van der Waals surface area contributed by atoms with Gasteiger partial charge in [0.2, 0.25) is 5.91 Å². The summed E-state index contributed by atoms with van der Waals surface area (Å²) in [4.78, 5) is 48.2. The van der Waals surface area contributed by atoms with E-state index in [0.29, 0.717) is 28.1 Å². The largest absolute Gasteiger partial charge is 0.497 e. The predicted molar refractivity (Wildman–Crippen MR) is 154 cm³/mol. The lowest BCUT2D eigenvalue weighted by Crippen LogP contribution is -2.70. The number of thioether (sulfide) groups is 1. The third-order valence-corrected chi connectivity index (χ3v) is 8.32. The Morgan fingerprint density at radius 1 is 0.976 bits per heavy atom. The van der Waals surface area contributed by atoms with Gasteiger partial charge in [-0.15, -0.1) is 16.9 Å². The third kappa shape index (κ3) is 5.53. The number of nitrogens with one attached hydrogen (secondary N) is 1. The van der Waals surface area contributed by atoms with Crippen LogP contribution in [0.4, 0.5) is 0 Å². The van der Waals surface area contributed by atoms with Gasteiger partial charge in [-0.25, -0.2) is 4.79 Å². The van der Waals surface area contributed by atoms with E-state index in [1.54, 1.807) is 31.4 Å². The normalized spacial score (nSPS) is 17.8. The topological polar surface area (TPSA) is 125 Å². The van der Waals surface area contributed by atoms with Crippen molar-refractivity contribution in [2.75, 3.05) is 19.5 Å². The number of amides is 2. The molecule has 2 amide bonds. The molecular weight excluding hydrogens is 558 g/mol. The summed E-state index contributed by atoms with van der Waals surface area (Å²) < 4.78 is 10.8. The molecule has 1 N–H and O–H groups in total. The second kappa shape index (κ2) is 12.0. The molecule has 214 valence electrons. The molecule has 4 aromatic rings. The quantitative estimate of drug-likeness (QED) is 0.221. The van der Waals surface area contributed by atoms with E-state index >= 15 is 0 Å². The van der Waals surface area contributed by atoms with Gasteiger partial charge in [-0.3, -0.25) is 14.5 Å². The van der Waals surface area contributed by atoms with Gasteiger partial charge in [-0.2, -0.15) is 0 Å². The summed E-state index contributed by atoms with van der Waals surface area (Å²) in [7, 11) is 1.58. The molecule has 0 saturated carbocycles. The molecule has 3 heterocycles. The van der Waals surface area contributed by atoms with Crippen LogP contribution in [0.1, 0.15) is 11.1 Å². The van der Waals surface area contributed by atoms with Crippen LogP contribution in [0.15, 0.2) is 90.1 Å². The van der Waals surface area contributed by atoms with Crippen LogP contribution in [-0.4, -0.2) is 68.7 Å². The Morgan fingerprint density at radius 3 is 2.52 bits per heavy atom. The van der Waals surface area contributed by atoms with Crippen molar-refractivity contribution >= 4 is 40.6 Å². The molecule has 11 nitrogen and oxygen atoms in total. The fourth-order valence-electron chi connectivity index (χ4n) is 4.81. The van der Waals surface area contributed by atoms with Gasteiger partial charge < -0.3 is 19.6 Å². The van der Waals surface area contributed by atoms with Gasteiger partial charge in [0, 0.05) is 11.3 Å². The molecule has 12 heteroatoms. The summed E-state index contributed by atoms with van der Waals surface area (Å²) in [6.07, 6.45) is 0.152. The summed E-state index contributed by atoms with van der Waals surface area (Å²) >= 11 is 1.45. The molecule has 0 aliphatic carbocycles. The fraction of sp³-hybridized carbons (Fsp3) is 0.233. The zero-order chi connectivity index (χ0) is 29.1. The number of nitrogens with zero attached hydrogens (tertiary/aromatic N) is 4. The molecule has 2 aliphatic rings. The van der Waals surface area contributed by atoms with Gasteiger partial charge in [0.05, 0.1) is 13.5 Å². The van der Waals surface area contributed by atoms with Crippen LogP contribution >= 0.6 is 11.8 Å². The Kier molecular flexibility index (Phi) is 7.78. The Morgan fingerprint density at radius 2 is 1.74 bits per heavy atom. The first kappa shape index (κ1) is 27.3. The molecule has 1 aromatic heterocycles. The minimum Gasteiger partial charge on any atom is -0.497 e. The second-order valence-electron chi connectivity index (χ2n) is 9.72. The second-order valence-corrected chi connectivity index (χ2v) is 10.8. The summed E-state index contributed by atoms with van der Waals surface area (Å²) in [6.45, 7) is -0.0138. The van der Waals surface area contributed by atoms with Crippen molar-refractivity contribution in [3.63, 3.8) is 0 Å². The Balaban J connectivity index is 1.20. The number of β-lactam (4-membered cyclic amide) rings is 1. The van der Waals surface area contributed by atoms with Crippen molar-refractivity contribution in [3.05, 3.63) is 101 Å². The molecule has 0 spiro atoms. The minimum atomic E-state index is -0.752. The Labute approximate surface area is 245 Å². The third-order valence-electron chi connectivity index (χ3n) is 6.98. The van der Waals surface area contributed by atoms with E-state index in [2.05, 4.69) is 15.6 Å². The number of carbonyl (C=O) groups is 3. The molecule has 1 saturated heterocycles. The lowest BCUT2D eigenvalue weighted by molar-refractivity contribution is -0.153. The van der Waals surface area contributed by atoms with Crippen LogP contribution in [0.25, 0.3) is 11.0 Å². The maximum absolute atomic E-state index is 13.5. The van der Waals surface area contributed by atoms with Crippen molar-refractivity contribution in [3.8, 4) is 5.75 Å². The van der Waals surface area contributed by atoms with E-state index in [-0.39, 0.29) is 37.1 Å². The average Bonchev–Trinajstić information content (AvgIpc) is 3.44. The molecule has 6 rings (SSSR count). The number of hydrogen-bond donors (Lipinski definition) is 1. The average molecular weight is 586 g/mol. The number of para-hydroxylation sites is 1. The van der Waals surface area contributed by atoms with Crippen molar-refractivity contribution < 1.29 is 28.7 Å². The summed E-state index contributed by atoms with van der Waals surface area (Å²) in [5, 5.41) is 10.5. The van der Waals surface area contributed by atoms with E-state index in [0.717, 1.165) is 11.1 Å². The lowest BCUT2D eigenvalue weighted by atomic mass is 10.0. The number of methoxy groups -OCH3 is 1. The van der Waals surface area contributed by atoms with Crippen molar-refractivity contribution in [2.45, 2.75) is 24.4 Å². The number of ether oxygens (including phenoxy) is 2. The first-order valence-corrected chi connectivity index (χ1v) is 14.3. The minimum absolute atomic E-state index is 0.00522. The van der Waals surface area contributed by atoms with Gasteiger partial charge in [0.1, 0.15) is 47.1 Å². The van der Waals surface area contributed by atoms with Crippen LogP contribution in [0, 0.1) is 0 Å². The maximum Gasteiger partial charge on any atom is 0.355 e. The number of esters is 1. The van der Waals surface area contributed by atoms with Gasteiger partial charge in [0.25, 0.3) is 5.91 Å². The molecule has 3 aromatic carbocycles. The van der Waals surface area contributed by atoms with Crippen LogP contribution in [-0.2, 0) is 32.1 Å². The molecule has 1 fully saturated rings. The monoisotopic (exact) mass is 585 g/mol. The van der Waals surface area contributed by atoms with E-state index in [9.17, 15) is 14.4 Å². The van der Waals surface area contributed by atoms with Gasteiger partial charge >= 0.3 is 5.97 Å². The number of aromatic nitrogens is 3. The number of fused-ring (bicyclic) bond motifs is 2. The lowest BCUT2D eigenvalue weighted by Gasteiger charge is -2.49. The number of carbonyl (C=O) groups excluding carboxylic acids is 3. The molecule has 2 atom stereocenters. The number of benzene rings is 3. The van der Waals surface area contributed by atoms with Gasteiger partial charge in [-0.05, 0) is 40.6 Å². The van der Waals surface area contributed by atoms with E-state index < -0.39 is 17.4 Å². The van der Waals surface area contributed by atoms with Crippen LogP contribution in [0.5, 0.6) is 5.75 Å². The van der Waals surface area contributed by atoms with Crippen molar-refractivity contribution in [1.82, 2.24) is 25.4 Å². The zero-order valence-electron chi connectivity index (χ0n) is 22.6. The molecule has 0 bridgehead atoms.